The normalized spacial score (nSPS) is 10.8. The van der Waals surface area contributed by atoms with Crippen LogP contribution in [0.1, 0.15) is 22.4 Å². The van der Waals surface area contributed by atoms with Crippen molar-refractivity contribution in [2.75, 3.05) is 11.1 Å². The molecule has 7 nitrogen and oxygen atoms in total. The molecule has 3 aromatic rings. The Kier molecular flexibility index (Phi) is 8.33. The van der Waals surface area contributed by atoms with Gasteiger partial charge in [0.05, 0.1) is 24.3 Å². The maximum Gasteiger partial charge on any atom is 0.240 e. The predicted octanol–water partition coefficient (Wildman–Crippen LogP) is 3.69. The smallest absolute Gasteiger partial charge is 0.240 e. The Bertz CT molecular complexity index is 1080. The zero-order valence-electron chi connectivity index (χ0n) is 17.9. The summed E-state index contributed by atoms with van der Waals surface area (Å²) in [5.74, 6) is -0.275. The van der Waals surface area contributed by atoms with Crippen molar-refractivity contribution in [1.82, 2.24) is 14.9 Å². The van der Waals surface area contributed by atoms with E-state index < -0.39 is 0 Å². The number of rotatable bonds is 9. The van der Waals surface area contributed by atoms with Gasteiger partial charge in [-0.05, 0) is 54.8 Å². The van der Waals surface area contributed by atoms with Crippen LogP contribution in [0.2, 0.25) is 5.02 Å². The third-order valence-corrected chi connectivity index (χ3v) is 5.85. The van der Waals surface area contributed by atoms with Crippen LogP contribution < -0.4 is 10.6 Å². The van der Waals surface area contributed by atoms with Crippen molar-refractivity contribution < 1.29 is 14.7 Å². The van der Waals surface area contributed by atoms with E-state index in [2.05, 4.69) is 15.6 Å². The molecular formula is C23H25ClN4O3S. The second-order valence-corrected chi connectivity index (χ2v) is 8.77. The van der Waals surface area contributed by atoms with Crippen LogP contribution >= 0.6 is 23.4 Å². The number of aliphatic hydroxyl groups excluding tert-OH is 1. The Labute approximate surface area is 196 Å². The summed E-state index contributed by atoms with van der Waals surface area (Å²) in [5, 5.41) is 16.5. The quantitative estimate of drug-likeness (QED) is 0.413. The number of benzene rings is 2. The predicted molar refractivity (Wildman–Crippen MR) is 127 cm³/mol. The number of carbonyl (C=O) groups excluding carboxylic acids is 2. The van der Waals surface area contributed by atoms with E-state index >= 15 is 0 Å². The molecule has 0 unspecified atom stereocenters. The van der Waals surface area contributed by atoms with E-state index in [4.69, 9.17) is 11.6 Å². The lowest BCUT2D eigenvalue weighted by atomic mass is 10.1. The lowest BCUT2D eigenvalue weighted by Gasteiger charge is -2.12. The van der Waals surface area contributed by atoms with Gasteiger partial charge >= 0.3 is 0 Å². The Morgan fingerprint density at radius 1 is 1.09 bits per heavy atom. The van der Waals surface area contributed by atoms with Crippen molar-refractivity contribution in [3.05, 3.63) is 76.1 Å². The number of amides is 2. The van der Waals surface area contributed by atoms with Crippen LogP contribution in [-0.2, 0) is 29.3 Å². The SMILES string of the molecule is Cc1cc(C)cc(NC(=O)CSc2ncc(CO)n2CC(=O)NCc2ccc(Cl)cc2)c1. The zero-order valence-corrected chi connectivity index (χ0v) is 19.5. The maximum absolute atomic E-state index is 12.5. The third kappa shape index (κ3) is 6.85. The first-order valence-electron chi connectivity index (χ1n) is 10.0. The van der Waals surface area contributed by atoms with Crippen molar-refractivity contribution in [2.24, 2.45) is 0 Å². The molecule has 2 aromatic carbocycles. The molecule has 0 bridgehead atoms. The first kappa shape index (κ1) is 23.8. The average molecular weight is 473 g/mol. The van der Waals surface area contributed by atoms with Gasteiger partial charge in [-0.1, -0.05) is 41.6 Å². The molecule has 2 amide bonds. The van der Waals surface area contributed by atoms with E-state index in [9.17, 15) is 14.7 Å². The van der Waals surface area contributed by atoms with Crippen molar-refractivity contribution in [3.8, 4) is 0 Å². The topological polar surface area (TPSA) is 96.2 Å². The van der Waals surface area contributed by atoms with E-state index in [1.165, 1.54) is 18.0 Å². The van der Waals surface area contributed by atoms with Crippen LogP contribution in [-0.4, -0.2) is 32.2 Å². The Morgan fingerprint density at radius 3 is 2.44 bits per heavy atom. The zero-order chi connectivity index (χ0) is 23.1. The summed E-state index contributed by atoms with van der Waals surface area (Å²) in [7, 11) is 0. The second-order valence-electron chi connectivity index (χ2n) is 7.39. The first-order chi connectivity index (χ1) is 15.3. The van der Waals surface area contributed by atoms with E-state index in [1.54, 1.807) is 16.7 Å². The fraction of sp³-hybridized carbons (Fsp3) is 0.261. The van der Waals surface area contributed by atoms with Gasteiger partial charge in [-0.2, -0.15) is 0 Å². The summed E-state index contributed by atoms with van der Waals surface area (Å²) in [6.45, 7) is 4.04. The first-order valence-corrected chi connectivity index (χ1v) is 11.4. The van der Waals surface area contributed by atoms with Crippen molar-refractivity contribution in [3.63, 3.8) is 0 Å². The molecule has 0 aliphatic carbocycles. The van der Waals surface area contributed by atoms with Crippen LogP contribution in [0.5, 0.6) is 0 Å². The van der Waals surface area contributed by atoms with Crippen LogP contribution in [0.3, 0.4) is 0 Å². The number of imidazole rings is 1. The molecule has 0 atom stereocenters. The van der Waals surface area contributed by atoms with Crippen LogP contribution in [0.25, 0.3) is 0 Å². The van der Waals surface area contributed by atoms with Crippen LogP contribution in [0, 0.1) is 13.8 Å². The van der Waals surface area contributed by atoms with Crippen molar-refractivity contribution >= 4 is 40.9 Å². The third-order valence-electron chi connectivity index (χ3n) is 4.61. The minimum absolute atomic E-state index is 0.00941. The molecule has 0 saturated heterocycles. The van der Waals surface area contributed by atoms with Gasteiger partial charge in [0.1, 0.15) is 6.54 Å². The minimum Gasteiger partial charge on any atom is -0.390 e. The van der Waals surface area contributed by atoms with Gasteiger partial charge in [0.15, 0.2) is 5.16 Å². The largest absolute Gasteiger partial charge is 0.390 e. The fourth-order valence-corrected chi connectivity index (χ4v) is 4.10. The second kappa shape index (κ2) is 11.2. The monoisotopic (exact) mass is 472 g/mol. The standard InChI is InChI=1S/C23H25ClN4O3S/c1-15-7-16(2)9-19(8-15)27-22(31)14-32-23-26-11-20(13-29)28(23)12-21(30)25-10-17-3-5-18(24)6-4-17/h3-9,11,29H,10,12-14H2,1-2H3,(H,25,30)(H,27,31). The number of aliphatic hydroxyl groups is 1. The summed E-state index contributed by atoms with van der Waals surface area (Å²) in [6.07, 6.45) is 1.51. The van der Waals surface area contributed by atoms with E-state index in [-0.39, 0.29) is 30.7 Å². The highest BCUT2D eigenvalue weighted by molar-refractivity contribution is 7.99. The molecule has 1 heterocycles. The van der Waals surface area contributed by atoms with Crippen LogP contribution in [0.15, 0.2) is 53.8 Å². The molecule has 0 radical (unpaired) electrons. The number of carbonyl (C=O) groups is 2. The number of nitrogens with one attached hydrogen (secondary N) is 2. The van der Waals surface area contributed by atoms with E-state index in [0.29, 0.717) is 22.4 Å². The van der Waals surface area contributed by atoms with E-state index in [0.717, 1.165) is 22.4 Å². The molecule has 9 heteroatoms. The molecule has 1 aromatic heterocycles. The van der Waals surface area contributed by atoms with Gasteiger partial charge in [-0.15, -0.1) is 0 Å². The molecule has 0 spiro atoms. The Morgan fingerprint density at radius 2 is 1.78 bits per heavy atom. The van der Waals surface area contributed by atoms with Crippen LogP contribution in [0.4, 0.5) is 5.69 Å². The fourth-order valence-electron chi connectivity index (χ4n) is 3.18. The Hall–Kier alpha value is -2.81. The molecule has 0 aliphatic rings. The van der Waals surface area contributed by atoms with Crippen molar-refractivity contribution in [1.29, 1.82) is 0 Å². The van der Waals surface area contributed by atoms with Gasteiger partial charge in [0.25, 0.3) is 0 Å². The molecular weight excluding hydrogens is 448 g/mol. The summed E-state index contributed by atoms with van der Waals surface area (Å²) < 4.78 is 1.62. The van der Waals surface area contributed by atoms with Gasteiger partial charge < -0.3 is 20.3 Å². The Balaban J connectivity index is 1.58. The molecule has 3 N–H and O–H groups in total. The molecule has 0 fully saturated rings. The summed E-state index contributed by atoms with van der Waals surface area (Å²) in [4.78, 5) is 29.1. The molecule has 3 rings (SSSR count). The number of aromatic nitrogens is 2. The van der Waals surface area contributed by atoms with E-state index in [1.807, 2.05) is 44.2 Å². The number of aryl methyl sites for hydroxylation is 2. The number of anilines is 1. The average Bonchev–Trinajstić information content (AvgIpc) is 3.12. The minimum atomic E-state index is -0.257. The highest BCUT2D eigenvalue weighted by atomic mass is 35.5. The summed E-state index contributed by atoms with van der Waals surface area (Å²) in [5.41, 5.74) is 4.31. The lowest BCUT2D eigenvalue weighted by molar-refractivity contribution is -0.122. The number of hydrogen-bond acceptors (Lipinski definition) is 5. The number of thioether (sulfide) groups is 1. The summed E-state index contributed by atoms with van der Waals surface area (Å²) in [6, 6.07) is 13.1. The van der Waals surface area contributed by atoms with Gasteiger partial charge in [0.2, 0.25) is 11.8 Å². The number of halogens is 1. The summed E-state index contributed by atoms with van der Waals surface area (Å²) >= 11 is 7.09. The van der Waals surface area contributed by atoms with Gasteiger partial charge in [-0.25, -0.2) is 4.98 Å². The highest BCUT2D eigenvalue weighted by Gasteiger charge is 2.15. The van der Waals surface area contributed by atoms with Gasteiger partial charge in [0, 0.05) is 17.3 Å². The molecule has 32 heavy (non-hydrogen) atoms. The number of hydrogen-bond donors (Lipinski definition) is 3. The maximum atomic E-state index is 12.5. The molecule has 168 valence electrons. The number of nitrogens with zero attached hydrogens (tertiary/aromatic N) is 2. The molecule has 0 aliphatic heterocycles. The highest BCUT2D eigenvalue weighted by Crippen LogP contribution is 2.20. The molecule has 0 saturated carbocycles. The van der Waals surface area contributed by atoms with Crippen molar-refractivity contribution in [2.45, 2.75) is 38.7 Å². The lowest BCUT2D eigenvalue weighted by Crippen LogP contribution is -2.28. The van der Waals surface area contributed by atoms with Gasteiger partial charge in [-0.3, -0.25) is 9.59 Å².